The number of hydrogen-bond donors (Lipinski definition) is 1. The van der Waals surface area contributed by atoms with E-state index in [1.54, 1.807) is 7.11 Å². The molecule has 0 aromatic heterocycles. The van der Waals surface area contributed by atoms with Crippen LogP contribution in [-0.2, 0) is 4.74 Å². The highest BCUT2D eigenvalue weighted by Crippen LogP contribution is 2.11. The third-order valence-electron chi connectivity index (χ3n) is 2.13. The average Bonchev–Trinajstić information content (AvgIpc) is 2.01. The molecule has 0 aliphatic rings. The molecule has 0 aromatic rings. The topological polar surface area (TPSA) is 21.3 Å². The first-order valence-electron chi connectivity index (χ1n) is 5.28. The first-order chi connectivity index (χ1) is 6.06. The Kier molecular flexibility index (Phi) is 7.29. The largest absolute Gasteiger partial charge is 0.384 e. The summed E-state index contributed by atoms with van der Waals surface area (Å²) < 4.78 is 5.11. The second-order valence-corrected chi connectivity index (χ2v) is 4.46. The molecule has 2 nitrogen and oxygen atoms in total. The van der Waals surface area contributed by atoms with Crippen molar-refractivity contribution < 1.29 is 4.74 Å². The van der Waals surface area contributed by atoms with Gasteiger partial charge >= 0.3 is 0 Å². The molecule has 2 unspecified atom stereocenters. The zero-order chi connectivity index (χ0) is 10.3. The van der Waals surface area contributed by atoms with E-state index in [1.165, 1.54) is 6.42 Å². The normalized spacial score (nSPS) is 16.2. The van der Waals surface area contributed by atoms with E-state index < -0.39 is 0 Å². The minimum atomic E-state index is 0.597. The van der Waals surface area contributed by atoms with Crippen LogP contribution in [0.5, 0.6) is 0 Å². The van der Waals surface area contributed by atoms with Crippen LogP contribution in [0.25, 0.3) is 0 Å². The summed E-state index contributed by atoms with van der Waals surface area (Å²) >= 11 is 0. The number of hydrogen-bond acceptors (Lipinski definition) is 2. The molecule has 0 spiro atoms. The number of methoxy groups -OCH3 is 1. The van der Waals surface area contributed by atoms with Crippen molar-refractivity contribution in [1.82, 2.24) is 5.32 Å². The predicted molar refractivity (Wildman–Crippen MR) is 58.0 cm³/mol. The highest BCUT2D eigenvalue weighted by atomic mass is 16.5. The van der Waals surface area contributed by atoms with Crippen molar-refractivity contribution in [3.63, 3.8) is 0 Å². The van der Waals surface area contributed by atoms with E-state index in [9.17, 15) is 0 Å². The van der Waals surface area contributed by atoms with Crippen molar-refractivity contribution in [2.24, 2.45) is 11.8 Å². The molecule has 0 bridgehead atoms. The Hall–Kier alpha value is -0.0800. The summed E-state index contributed by atoms with van der Waals surface area (Å²) in [5, 5.41) is 3.45. The Morgan fingerprint density at radius 3 is 2.15 bits per heavy atom. The maximum absolute atomic E-state index is 5.11. The fourth-order valence-corrected chi connectivity index (χ4v) is 1.56. The minimum absolute atomic E-state index is 0.597. The van der Waals surface area contributed by atoms with Gasteiger partial charge < -0.3 is 10.1 Å². The Balaban J connectivity index is 3.43. The summed E-state index contributed by atoms with van der Waals surface area (Å²) in [7, 11) is 1.77. The van der Waals surface area contributed by atoms with Crippen LogP contribution >= 0.6 is 0 Å². The highest BCUT2D eigenvalue weighted by Gasteiger charge is 2.08. The van der Waals surface area contributed by atoms with E-state index >= 15 is 0 Å². The van der Waals surface area contributed by atoms with Gasteiger partial charge in [-0.05, 0) is 24.8 Å². The van der Waals surface area contributed by atoms with Crippen molar-refractivity contribution in [2.75, 3.05) is 20.3 Å². The average molecular weight is 187 g/mol. The molecule has 0 saturated heterocycles. The van der Waals surface area contributed by atoms with Crippen molar-refractivity contribution in [3.05, 3.63) is 0 Å². The van der Waals surface area contributed by atoms with Crippen LogP contribution in [0.3, 0.4) is 0 Å². The van der Waals surface area contributed by atoms with Crippen molar-refractivity contribution in [2.45, 2.75) is 40.2 Å². The standard InChI is InChI=1S/C11H25NO/c1-9(2)12-7-10(3)6-11(4)8-13-5/h9-12H,6-8H2,1-5H3. The van der Waals surface area contributed by atoms with Crippen molar-refractivity contribution >= 4 is 0 Å². The molecule has 0 aromatic carbocycles. The van der Waals surface area contributed by atoms with Crippen LogP contribution in [0.4, 0.5) is 0 Å². The van der Waals surface area contributed by atoms with Crippen LogP contribution in [-0.4, -0.2) is 26.3 Å². The lowest BCUT2D eigenvalue weighted by molar-refractivity contribution is 0.147. The van der Waals surface area contributed by atoms with Crippen LogP contribution in [0.2, 0.25) is 0 Å². The fraction of sp³-hybridized carbons (Fsp3) is 1.00. The molecule has 13 heavy (non-hydrogen) atoms. The summed E-state index contributed by atoms with van der Waals surface area (Å²) in [4.78, 5) is 0. The van der Waals surface area contributed by atoms with E-state index in [1.807, 2.05) is 0 Å². The quantitative estimate of drug-likeness (QED) is 0.660. The molecule has 2 heteroatoms. The van der Waals surface area contributed by atoms with E-state index in [0.29, 0.717) is 12.0 Å². The molecule has 0 aliphatic heterocycles. The molecule has 2 atom stereocenters. The molecule has 0 amide bonds. The molecule has 0 rings (SSSR count). The predicted octanol–water partition coefficient (Wildman–Crippen LogP) is 2.29. The Morgan fingerprint density at radius 1 is 1.08 bits per heavy atom. The van der Waals surface area contributed by atoms with Crippen molar-refractivity contribution in [3.8, 4) is 0 Å². The highest BCUT2D eigenvalue weighted by molar-refractivity contribution is 4.63. The van der Waals surface area contributed by atoms with Gasteiger partial charge in [0.2, 0.25) is 0 Å². The van der Waals surface area contributed by atoms with Gasteiger partial charge in [0.25, 0.3) is 0 Å². The molecule has 0 radical (unpaired) electrons. The second kappa shape index (κ2) is 7.34. The van der Waals surface area contributed by atoms with Gasteiger partial charge in [-0.3, -0.25) is 0 Å². The van der Waals surface area contributed by atoms with Crippen molar-refractivity contribution in [1.29, 1.82) is 0 Å². The maximum Gasteiger partial charge on any atom is 0.0487 e. The monoisotopic (exact) mass is 187 g/mol. The lowest BCUT2D eigenvalue weighted by atomic mass is 9.98. The van der Waals surface area contributed by atoms with Crippen LogP contribution < -0.4 is 5.32 Å². The zero-order valence-corrected chi connectivity index (χ0v) is 9.76. The van der Waals surface area contributed by atoms with Gasteiger partial charge in [0.15, 0.2) is 0 Å². The maximum atomic E-state index is 5.11. The molecule has 0 aliphatic carbocycles. The summed E-state index contributed by atoms with van der Waals surface area (Å²) in [5.41, 5.74) is 0. The molecule has 0 heterocycles. The molecule has 0 saturated carbocycles. The van der Waals surface area contributed by atoms with Crippen LogP contribution in [0.15, 0.2) is 0 Å². The van der Waals surface area contributed by atoms with E-state index in [4.69, 9.17) is 4.74 Å². The Labute approximate surface area is 83.1 Å². The smallest absolute Gasteiger partial charge is 0.0487 e. The van der Waals surface area contributed by atoms with Crippen LogP contribution in [0, 0.1) is 11.8 Å². The number of ether oxygens (including phenoxy) is 1. The number of nitrogens with one attached hydrogen (secondary N) is 1. The second-order valence-electron chi connectivity index (χ2n) is 4.46. The van der Waals surface area contributed by atoms with Gasteiger partial charge in [-0.2, -0.15) is 0 Å². The molecule has 80 valence electrons. The Morgan fingerprint density at radius 2 is 1.69 bits per heavy atom. The minimum Gasteiger partial charge on any atom is -0.384 e. The van der Waals surface area contributed by atoms with E-state index in [0.717, 1.165) is 19.1 Å². The van der Waals surface area contributed by atoms with Crippen LogP contribution in [0.1, 0.15) is 34.1 Å². The van der Waals surface area contributed by atoms with Gasteiger partial charge in [-0.1, -0.05) is 27.7 Å². The SMILES string of the molecule is COCC(C)CC(C)CNC(C)C. The Bertz CT molecular complexity index is 115. The first kappa shape index (κ1) is 12.9. The lowest BCUT2D eigenvalue weighted by Crippen LogP contribution is -2.28. The summed E-state index contributed by atoms with van der Waals surface area (Å²) in [6.07, 6.45) is 1.24. The summed E-state index contributed by atoms with van der Waals surface area (Å²) in [6, 6.07) is 0.597. The zero-order valence-electron chi connectivity index (χ0n) is 9.76. The van der Waals surface area contributed by atoms with Gasteiger partial charge in [0.05, 0.1) is 0 Å². The third kappa shape index (κ3) is 8.26. The molecular weight excluding hydrogens is 162 g/mol. The van der Waals surface area contributed by atoms with Gasteiger partial charge in [-0.15, -0.1) is 0 Å². The van der Waals surface area contributed by atoms with E-state index in [2.05, 4.69) is 33.0 Å². The lowest BCUT2D eigenvalue weighted by Gasteiger charge is -2.18. The van der Waals surface area contributed by atoms with Gasteiger partial charge in [-0.25, -0.2) is 0 Å². The molecule has 1 N–H and O–H groups in total. The third-order valence-corrected chi connectivity index (χ3v) is 2.13. The molecular formula is C11H25NO. The molecule has 0 fully saturated rings. The summed E-state index contributed by atoms with van der Waals surface area (Å²) in [5.74, 6) is 1.42. The summed E-state index contributed by atoms with van der Waals surface area (Å²) in [6.45, 7) is 10.9. The van der Waals surface area contributed by atoms with Gasteiger partial charge in [0, 0.05) is 19.8 Å². The first-order valence-corrected chi connectivity index (χ1v) is 5.28. The van der Waals surface area contributed by atoms with E-state index in [-0.39, 0.29) is 0 Å². The van der Waals surface area contributed by atoms with Gasteiger partial charge in [0.1, 0.15) is 0 Å². The number of rotatable bonds is 7. The fourth-order valence-electron chi connectivity index (χ4n) is 1.56.